The lowest BCUT2D eigenvalue weighted by atomic mass is 9.68. The Morgan fingerprint density at radius 2 is 2.05 bits per heavy atom. The van der Waals surface area contributed by atoms with E-state index < -0.39 is 0 Å². The SMILES string of the molecule is CC(C)(C)C1CCC(CN)C(n2ccccc2=O)C1. The molecule has 0 amide bonds. The Hall–Kier alpha value is -1.09. The Labute approximate surface area is 115 Å². The lowest BCUT2D eigenvalue weighted by molar-refractivity contribution is 0.104. The summed E-state index contributed by atoms with van der Waals surface area (Å²) >= 11 is 0. The molecule has 1 saturated carbocycles. The molecule has 3 unspecified atom stereocenters. The predicted octanol–water partition coefficient (Wildman–Crippen LogP) is 2.81. The molecule has 3 nitrogen and oxygen atoms in total. The molecule has 1 aromatic rings. The molecule has 1 heterocycles. The molecule has 0 aromatic carbocycles. The fraction of sp³-hybridized carbons (Fsp3) is 0.688. The van der Waals surface area contributed by atoms with Gasteiger partial charge in [0, 0.05) is 18.3 Å². The maximum atomic E-state index is 12.1. The van der Waals surface area contributed by atoms with Gasteiger partial charge in [0.2, 0.25) is 0 Å². The minimum absolute atomic E-state index is 0.0977. The lowest BCUT2D eigenvalue weighted by Gasteiger charge is -2.42. The Kier molecular flexibility index (Phi) is 4.14. The highest BCUT2D eigenvalue weighted by Crippen LogP contribution is 2.43. The average Bonchev–Trinajstić information content (AvgIpc) is 2.37. The van der Waals surface area contributed by atoms with Crippen molar-refractivity contribution in [3.8, 4) is 0 Å². The zero-order valence-electron chi connectivity index (χ0n) is 12.3. The largest absolute Gasteiger partial charge is 0.330 e. The molecule has 106 valence electrons. The molecule has 0 spiro atoms. The summed E-state index contributed by atoms with van der Waals surface area (Å²) in [6.45, 7) is 7.56. The first kappa shape index (κ1) is 14.3. The van der Waals surface area contributed by atoms with Crippen LogP contribution in [0.5, 0.6) is 0 Å². The Balaban J connectivity index is 2.29. The molecule has 3 heteroatoms. The van der Waals surface area contributed by atoms with Gasteiger partial charge in [0.25, 0.3) is 5.56 Å². The molecule has 1 fully saturated rings. The number of pyridine rings is 1. The molecular weight excluding hydrogens is 236 g/mol. The van der Waals surface area contributed by atoms with Crippen LogP contribution in [0.15, 0.2) is 29.2 Å². The second-order valence-corrected chi connectivity index (χ2v) is 6.89. The predicted molar refractivity (Wildman–Crippen MR) is 79.1 cm³/mol. The summed E-state index contributed by atoms with van der Waals surface area (Å²) in [5.74, 6) is 1.09. The second-order valence-electron chi connectivity index (χ2n) is 6.89. The van der Waals surface area contributed by atoms with Crippen LogP contribution < -0.4 is 11.3 Å². The van der Waals surface area contributed by atoms with Crippen molar-refractivity contribution in [1.29, 1.82) is 0 Å². The maximum absolute atomic E-state index is 12.1. The van der Waals surface area contributed by atoms with Crippen molar-refractivity contribution in [3.05, 3.63) is 34.7 Å². The highest BCUT2D eigenvalue weighted by molar-refractivity contribution is 4.98. The molecule has 1 aliphatic rings. The molecular formula is C16H26N2O. The van der Waals surface area contributed by atoms with Crippen LogP contribution in [-0.2, 0) is 0 Å². The summed E-state index contributed by atoms with van der Waals surface area (Å²) in [6, 6.07) is 5.65. The average molecular weight is 262 g/mol. The number of nitrogens with two attached hydrogens (primary N) is 1. The zero-order valence-corrected chi connectivity index (χ0v) is 12.3. The van der Waals surface area contributed by atoms with Crippen molar-refractivity contribution in [1.82, 2.24) is 4.57 Å². The van der Waals surface area contributed by atoms with Gasteiger partial charge in [-0.05, 0) is 49.1 Å². The first-order valence-corrected chi connectivity index (χ1v) is 7.30. The van der Waals surface area contributed by atoms with Crippen molar-refractivity contribution in [2.45, 2.75) is 46.1 Å². The highest BCUT2D eigenvalue weighted by atomic mass is 16.1. The van der Waals surface area contributed by atoms with Crippen LogP contribution in [0.4, 0.5) is 0 Å². The summed E-state index contributed by atoms with van der Waals surface area (Å²) < 4.78 is 1.90. The van der Waals surface area contributed by atoms with Gasteiger partial charge >= 0.3 is 0 Å². The third-order valence-electron chi connectivity index (χ3n) is 4.69. The molecule has 2 N–H and O–H groups in total. The van der Waals surface area contributed by atoms with Crippen LogP contribution >= 0.6 is 0 Å². The van der Waals surface area contributed by atoms with E-state index in [0.29, 0.717) is 23.8 Å². The van der Waals surface area contributed by atoms with E-state index in [4.69, 9.17) is 5.73 Å². The van der Waals surface area contributed by atoms with Crippen molar-refractivity contribution in [2.75, 3.05) is 6.54 Å². The first-order valence-electron chi connectivity index (χ1n) is 7.30. The van der Waals surface area contributed by atoms with Crippen molar-refractivity contribution >= 4 is 0 Å². The molecule has 3 atom stereocenters. The molecule has 0 saturated heterocycles. The molecule has 1 aromatic heterocycles. The van der Waals surface area contributed by atoms with E-state index in [0.717, 1.165) is 12.8 Å². The smallest absolute Gasteiger partial charge is 0.250 e. The van der Waals surface area contributed by atoms with E-state index in [2.05, 4.69) is 20.8 Å². The van der Waals surface area contributed by atoms with Gasteiger partial charge < -0.3 is 10.3 Å². The molecule has 2 rings (SSSR count). The monoisotopic (exact) mass is 262 g/mol. The fourth-order valence-electron chi connectivity index (χ4n) is 3.33. The van der Waals surface area contributed by atoms with Crippen LogP contribution in [0.2, 0.25) is 0 Å². The van der Waals surface area contributed by atoms with E-state index in [9.17, 15) is 4.79 Å². The number of hydrogen-bond donors (Lipinski definition) is 1. The van der Waals surface area contributed by atoms with Crippen molar-refractivity contribution < 1.29 is 0 Å². The van der Waals surface area contributed by atoms with Gasteiger partial charge in [-0.15, -0.1) is 0 Å². The number of aromatic nitrogens is 1. The van der Waals surface area contributed by atoms with Gasteiger partial charge in [-0.2, -0.15) is 0 Å². The van der Waals surface area contributed by atoms with E-state index >= 15 is 0 Å². The Bertz CT molecular complexity index is 472. The summed E-state index contributed by atoms with van der Waals surface area (Å²) in [6.07, 6.45) is 5.34. The summed E-state index contributed by atoms with van der Waals surface area (Å²) in [4.78, 5) is 12.1. The summed E-state index contributed by atoms with van der Waals surface area (Å²) in [5.41, 5.74) is 6.32. The fourth-order valence-corrected chi connectivity index (χ4v) is 3.33. The standard InChI is InChI=1S/C16H26N2O/c1-16(2,3)13-8-7-12(11-17)14(10-13)18-9-5-4-6-15(18)19/h4-6,9,12-14H,7-8,10-11,17H2,1-3H3. The van der Waals surface area contributed by atoms with Gasteiger partial charge in [0.05, 0.1) is 0 Å². The normalized spacial score (nSPS) is 28.3. The highest BCUT2D eigenvalue weighted by Gasteiger charge is 2.36. The third-order valence-corrected chi connectivity index (χ3v) is 4.69. The van der Waals surface area contributed by atoms with Crippen LogP contribution in [0.3, 0.4) is 0 Å². The van der Waals surface area contributed by atoms with E-state index in [1.165, 1.54) is 6.42 Å². The van der Waals surface area contributed by atoms with E-state index in [1.54, 1.807) is 12.1 Å². The van der Waals surface area contributed by atoms with Gasteiger partial charge in [-0.3, -0.25) is 4.79 Å². The molecule has 0 radical (unpaired) electrons. The summed E-state index contributed by atoms with van der Waals surface area (Å²) in [5, 5.41) is 0. The maximum Gasteiger partial charge on any atom is 0.250 e. The molecule has 19 heavy (non-hydrogen) atoms. The van der Waals surface area contributed by atoms with Gasteiger partial charge in [-0.25, -0.2) is 0 Å². The molecule has 1 aliphatic carbocycles. The van der Waals surface area contributed by atoms with Gasteiger partial charge in [0.15, 0.2) is 0 Å². The zero-order chi connectivity index (χ0) is 14.0. The quantitative estimate of drug-likeness (QED) is 0.891. The first-order chi connectivity index (χ1) is 8.93. The summed E-state index contributed by atoms with van der Waals surface area (Å²) in [7, 11) is 0. The number of nitrogens with zero attached hydrogens (tertiary/aromatic N) is 1. The van der Waals surface area contributed by atoms with Crippen molar-refractivity contribution in [2.24, 2.45) is 23.0 Å². The molecule has 0 aliphatic heterocycles. The van der Waals surface area contributed by atoms with Crippen LogP contribution in [-0.4, -0.2) is 11.1 Å². The van der Waals surface area contributed by atoms with Gasteiger partial charge in [0.1, 0.15) is 0 Å². The number of rotatable bonds is 2. The number of hydrogen-bond acceptors (Lipinski definition) is 2. The van der Waals surface area contributed by atoms with Crippen LogP contribution in [0.1, 0.15) is 46.1 Å². The lowest BCUT2D eigenvalue weighted by Crippen LogP contribution is -2.39. The van der Waals surface area contributed by atoms with Gasteiger partial charge in [-0.1, -0.05) is 26.8 Å². The van der Waals surface area contributed by atoms with E-state index in [-0.39, 0.29) is 11.6 Å². The van der Waals surface area contributed by atoms with Crippen LogP contribution in [0, 0.1) is 17.3 Å². The second kappa shape index (κ2) is 5.49. The Morgan fingerprint density at radius 3 is 2.63 bits per heavy atom. The minimum atomic E-state index is 0.0977. The third kappa shape index (κ3) is 3.08. The Morgan fingerprint density at radius 1 is 1.32 bits per heavy atom. The topological polar surface area (TPSA) is 48.0 Å². The van der Waals surface area contributed by atoms with Crippen LogP contribution in [0.25, 0.3) is 0 Å². The van der Waals surface area contributed by atoms with Crippen molar-refractivity contribution in [3.63, 3.8) is 0 Å². The minimum Gasteiger partial charge on any atom is -0.330 e. The molecule has 0 bridgehead atoms. The van der Waals surface area contributed by atoms with E-state index in [1.807, 2.05) is 16.8 Å².